The van der Waals surface area contributed by atoms with E-state index in [1.54, 1.807) is 41.1 Å². The lowest BCUT2D eigenvalue weighted by atomic mass is 10.1. The number of fused-ring (bicyclic) bond motifs is 1. The third-order valence-corrected chi connectivity index (χ3v) is 5.53. The molecule has 3 aromatic carbocycles. The molecule has 6 heteroatoms. The van der Waals surface area contributed by atoms with Gasteiger partial charge in [0.1, 0.15) is 0 Å². The van der Waals surface area contributed by atoms with Crippen LogP contribution in [0.15, 0.2) is 66.7 Å². The van der Waals surface area contributed by atoms with Gasteiger partial charge in [-0.25, -0.2) is 0 Å². The maximum atomic E-state index is 13.3. The van der Waals surface area contributed by atoms with Crippen molar-refractivity contribution in [3.05, 3.63) is 71.8 Å². The second-order valence-corrected chi connectivity index (χ2v) is 7.61. The van der Waals surface area contributed by atoms with E-state index >= 15 is 0 Å². The van der Waals surface area contributed by atoms with Gasteiger partial charge >= 0.3 is 0 Å². The minimum atomic E-state index is -0.471. The van der Waals surface area contributed by atoms with Gasteiger partial charge in [0.25, 0.3) is 0 Å². The Balaban J connectivity index is 1.72. The average Bonchev–Trinajstić information content (AvgIpc) is 2.75. The second kappa shape index (κ2) is 9.74. The third-order valence-electron chi connectivity index (χ3n) is 5.20. The van der Waals surface area contributed by atoms with Gasteiger partial charge in [-0.15, -0.1) is 0 Å². The summed E-state index contributed by atoms with van der Waals surface area (Å²) in [4.78, 5) is 29.2. The van der Waals surface area contributed by atoms with E-state index in [0.717, 1.165) is 16.5 Å². The molecule has 0 unspecified atom stereocenters. The van der Waals surface area contributed by atoms with Crippen molar-refractivity contribution in [1.82, 2.24) is 4.90 Å². The van der Waals surface area contributed by atoms with Gasteiger partial charge in [-0.1, -0.05) is 60.1 Å². The second-order valence-electron chi connectivity index (χ2n) is 7.20. The smallest absolute Gasteiger partial charge is 0.244 e. The molecule has 1 N–H and O–H groups in total. The Morgan fingerprint density at radius 3 is 2.40 bits per heavy atom. The van der Waals surface area contributed by atoms with Crippen LogP contribution in [0.1, 0.15) is 13.8 Å². The molecule has 0 aromatic heterocycles. The van der Waals surface area contributed by atoms with E-state index < -0.39 is 6.04 Å². The van der Waals surface area contributed by atoms with Crippen molar-refractivity contribution >= 4 is 45.6 Å². The summed E-state index contributed by atoms with van der Waals surface area (Å²) in [6.07, 6.45) is 0. The molecule has 3 rings (SSSR count). The Labute approximate surface area is 182 Å². The third kappa shape index (κ3) is 4.81. The molecule has 0 aliphatic rings. The molecule has 2 amide bonds. The highest BCUT2D eigenvalue weighted by atomic mass is 35.5. The van der Waals surface area contributed by atoms with Crippen LogP contribution in [0.2, 0.25) is 5.02 Å². The van der Waals surface area contributed by atoms with E-state index in [1.807, 2.05) is 56.3 Å². The number of carbonyl (C=O) groups excluding carboxylic acids is 2. The number of halogens is 1. The molecule has 0 saturated carbocycles. The number of anilines is 2. The Kier molecular flexibility index (Phi) is 7.08. The number of rotatable bonds is 7. The first-order valence-corrected chi connectivity index (χ1v) is 10.3. The van der Waals surface area contributed by atoms with Crippen LogP contribution in [-0.4, -0.2) is 42.9 Å². The number of nitrogens with one attached hydrogen (secondary N) is 1. The van der Waals surface area contributed by atoms with Crippen LogP contribution in [0, 0.1) is 0 Å². The number of para-hydroxylation sites is 1. The van der Waals surface area contributed by atoms with Gasteiger partial charge in [0, 0.05) is 11.9 Å². The first-order chi connectivity index (χ1) is 14.4. The SMILES string of the molecule is CCN(C(=O)[C@@H](C)N(C)CC(=O)Nc1ccccc1Cl)c1cccc2ccccc12. The van der Waals surface area contributed by atoms with E-state index in [0.29, 0.717) is 17.3 Å². The van der Waals surface area contributed by atoms with Crippen LogP contribution >= 0.6 is 11.6 Å². The van der Waals surface area contributed by atoms with Crippen LogP contribution in [0.25, 0.3) is 10.8 Å². The molecular formula is C24H26ClN3O2. The molecule has 30 heavy (non-hydrogen) atoms. The van der Waals surface area contributed by atoms with Crippen molar-refractivity contribution < 1.29 is 9.59 Å². The van der Waals surface area contributed by atoms with Gasteiger partial charge in [0.2, 0.25) is 11.8 Å². The summed E-state index contributed by atoms with van der Waals surface area (Å²) in [5.41, 5.74) is 1.43. The van der Waals surface area contributed by atoms with Gasteiger partial charge in [0.05, 0.1) is 29.0 Å². The molecule has 0 spiro atoms. The number of hydrogen-bond acceptors (Lipinski definition) is 3. The summed E-state index contributed by atoms with van der Waals surface area (Å²) in [6.45, 7) is 4.39. The van der Waals surface area contributed by atoms with E-state index in [9.17, 15) is 9.59 Å². The maximum absolute atomic E-state index is 13.3. The summed E-state index contributed by atoms with van der Waals surface area (Å²) >= 11 is 6.10. The zero-order chi connectivity index (χ0) is 21.7. The van der Waals surface area contributed by atoms with Gasteiger partial charge in [-0.2, -0.15) is 0 Å². The predicted molar refractivity (Wildman–Crippen MR) is 124 cm³/mol. The van der Waals surface area contributed by atoms with Crippen molar-refractivity contribution in [1.29, 1.82) is 0 Å². The molecule has 0 radical (unpaired) electrons. The number of benzene rings is 3. The van der Waals surface area contributed by atoms with Crippen molar-refractivity contribution in [3.63, 3.8) is 0 Å². The van der Waals surface area contributed by atoms with Crippen LogP contribution in [-0.2, 0) is 9.59 Å². The zero-order valence-corrected chi connectivity index (χ0v) is 18.2. The quantitative estimate of drug-likeness (QED) is 0.593. The summed E-state index contributed by atoms with van der Waals surface area (Å²) in [6, 6.07) is 20.6. The van der Waals surface area contributed by atoms with E-state index in [1.165, 1.54) is 0 Å². The molecule has 0 aliphatic carbocycles. The topological polar surface area (TPSA) is 52.7 Å². The number of nitrogens with zero attached hydrogens (tertiary/aromatic N) is 2. The first kappa shape index (κ1) is 21.8. The first-order valence-electron chi connectivity index (χ1n) is 9.96. The highest BCUT2D eigenvalue weighted by Crippen LogP contribution is 2.27. The van der Waals surface area contributed by atoms with Crippen molar-refractivity contribution in [2.45, 2.75) is 19.9 Å². The van der Waals surface area contributed by atoms with E-state index in [4.69, 9.17) is 11.6 Å². The Morgan fingerprint density at radius 2 is 1.67 bits per heavy atom. The molecule has 0 heterocycles. The largest absolute Gasteiger partial charge is 0.324 e. The fraction of sp³-hybridized carbons (Fsp3) is 0.250. The highest BCUT2D eigenvalue weighted by Gasteiger charge is 2.26. The standard InChI is InChI=1S/C24H26ClN3O2/c1-4-28(22-15-9-11-18-10-5-6-12-19(18)22)24(30)17(2)27(3)16-23(29)26-21-14-8-7-13-20(21)25/h5-15,17H,4,16H2,1-3H3,(H,26,29)/t17-/m1/s1. The van der Waals surface area contributed by atoms with E-state index in [2.05, 4.69) is 5.32 Å². The number of amides is 2. The molecule has 0 fully saturated rings. The van der Waals surface area contributed by atoms with Gasteiger partial charge in [-0.3, -0.25) is 14.5 Å². The fourth-order valence-electron chi connectivity index (χ4n) is 3.42. The highest BCUT2D eigenvalue weighted by molar-refractivity contribution is 6.33. The van der Waals surface area contributed by atoms with Crippen molar-refractivity contribution in [3.8, 4) is 0 Å². The van der Waals surface area contributed by atoms with Crippen LogP contribution < -0.4 is 10.2 Å². The lowest BCUT2D eigenvalue weighted by molar-refractivity contribution is -0.124. The normalized spacial score (nSPS) is 12.0. The van der Waals surface area contributed by atoms with Crippen LogP contribution in [0.5, 0.6) is 0 Å². The monoisotopic (exact) mass is 423 g/mol. The Bertz CT molecular complexity index is 1050. The van der Waals surface area contributed by atoms with Gasteiger partial charge in [0.15, 0.2) is 0 Å². The molecule has 3 aromatic rings. The average molecular weight is 424 g/mol. The summed E-state index contributed by atoms with van der Waals surface area (Å²) in [5, 5.41) is 5.39. The van der Waals surface area contributed by atoms with Crippen LogP contribution in [0.4, 0.5) is 11.4 Å². The van der Waals surface area contributed by atoms with Crippen LogP contribution in [0.3, 0.4) is 0 Å². The zero-order valence-electron chi connectivity index (χ0n) is 17.4. The number of hydrogen-bond donors (Lipinski definition) is 1. The van der Waals surface area contributed by atoms with Crippen molar-refractivity contribution in [2.75, 3.05) is 30.4 Å². The predicted octanol–water partition coefficient (Wildman–Crippen LogP) is 4.81. The summed E-state index contributed by atoms with van der Waals surface area (Å²) in [5.74, 6) is -0.277. The molecule has 0 bridgehead atoms. The molecule has 0 saturated heterocycles. The maximum Gasteiger partial charge on any atom is 0.244 e. The van der Waals surface area contributed by atoms with Crippen molar-refractivity contribution in [2.24, 2.45) is 0 Å². The number of carbonyl (C=O) groups is 2. The molecular weight excluding hydrogens is 398 g/mol. The number of likely N-dealkylation sites (N-methyl/N-ethyl adjacent to an activating group) is 2. The lowest BCUT2D eigenvalue weighted by Crippen LogP contribution is -2.48. The summed E-state index contributed by atoms with van der Waals surface area (Å²) in [7, 11) is 1.77. The molecule has 5 nitrogen and oxygen atoms in total. The minimum Gasteiger partial charge on any atom is -0.324 e. The fourth-order valence-corrected chi connectivity index (χ4v) is 3.60. The van der Waals surface area contributed by atoms with Gasteiger partial charge < -0.3 is 10.2 Å². The molecule has 1 atom stereocenters. The van der Waals surface area contributed by atoms with Gasteiger partial charge in [-0.05, 0) is 44.5 Å². The Morgan fingerprint density at radius 1 is 1.00 bits per heavy atom. The van der Waals surface area contributed by atoms with E-state index in [-0.39, 0.29) is 18.4 Å². The Hall–Kier alpha value is -2.89. The molecule has 0 aliphatic heterocycles. The minimum absolute atomic E-state index is 0.0538. The lowest BCUT2D eigenvalue weighted by Gasteiger charge is -2.30. The summed E-state index contributed by atoms with van der Waals surface area (Å²) < 4.78 is 0. The molecule has 156 valence electrons.